The van der Waals surface area contributed by atoms with Crippen LogP contribution in [0.5, 0.6) is 0 Å². The highest BCUT2D eigenvalue weighted by atomic mass is 35.5. The summed E-state index contributed by atoms with van der Waals surface area (Å²) < 4.78 is 1.38. The summed E-state index contributed by atoms with van der Waals surface area (Å²) in [5.41, 5.74) is 0.602. The number of halogens is 1. The topological polar surface area (TPSA) is 54.6 Å². The molecule has 4 nitrogen and oxygen atoms in total. The van der Waals surface area contributed by atoms with Crippen LogP contribution in [0, 0.1) is 0 Å². The molecule has 66 valence electrons. The average molecular weight is 197 g/mol. The number of hydrogen-bond acceptors (Lipinski definition) is 2. The van der Waals surface area contributed by atoms with Crippen LogP contribution in [-0.4, -0.2) is 20.5 Å². The van der Waals surface area contributed by atoms with Gasteiger partial charge in [-0.25, -0.2) is 9.78 Å². The van der Waals surface area contributed by atoms with E-state index in [2.05, 4.69) is 4.98 Å². The second-order valence-corrected chi connectivity index (χ2v) is 2.88. The molecule has 0 aliphatic carbocycles. The van der Waals surface area contributed by atoms with Gasteiger partial charge in [0.1, 0.15) is 10.8 Å². The number of hydrogen-bond donors (Lipinski definition) is 1. The summed E-state index contributed by atoms with van der Waals surface area (Å²) in [4.78, 5) is 14.6. The van der Waals surface area contributed by atoms with Crippen LogP contribution >= 0.6 is 11.6 Å². The minimum atomic E-state index is -1.04. The molecule has 1 N–H and O–H groups in total. The number of aromatic nitrogens is 2. The highest BCUT2D eigenvalue weighted by Gasteiger charge is 2.11. The summed E-state index contributed by atoms with van der Waals surface area (Å²) in [6.07, 6.45) is 1.28. The van der Waals surface area contributed by atoms with Crippen LogP contribution < -0.4 is 0 Å². The molecule has 0 atom stereocenters. The Hall–Kier alpha value is -1.55. The van der Waals surface area contributed by atoms with E-state index in [0.717, 1.165) is 0 Å². The van der Waals surface area contributed by atoms with Gasteiger partial charge in [-0.3, -0.25) is 4.40 Å². The van der Waals surface area contributed by atoms with Gasteiger partial charge in [0, 0.05) is 0 Å². The number of carboxylic acid groups (broad SMARTS) is 1. The lowest BCUT2D eigenvalue weighted by molar-refractivity contribution is 0.0689. The summed E-state index contributed by atoms with van der Waals surface area (Å²) in [5.74, 6) is -1.04. The molecule has 5 heteroatoms. The molecule has 0 spiro atoms. The van der Waals surface area contributed by atoms with Crippen LogP contribution in [0.15, 0.2) is 24.4 Å². The average Bonchev–Trinajstić information content (AvgIpc) is 2.49. The third-order valence-corrected chi connectivity index (χ3v) is 2.00. The van der Waals surface area contributed by atoms with Crippen molar-refractivity contribution in [3.63, 3.8) is 0 Å². The maximum absolute atomic E-state index is 10.7. The van der Waals surface area contributed by atoms with Crippen molar-refractivity contribution in [1.82, 2.24) is 9.38 Å². The number of fused-ring (bicyclic) bond motifs is 1. The summed E-state index contributed by atoms with van der Waals surface area (Å²) in [7, 11) is 0. The lowest BCUT2D eigenvalue weighted by Gasteiger charge is -1.98. The molecule has 0 amide bonds. The fraction of sp³-hybridized carbons (Fsp3) is 0. The van der Waals surface area contributed by atoms with Crippen molar-refractivity contribution in [2.75, 3.05) is 0 Å². The van der Waals surface area contributed by atoms with Gasteiger partial charge in [0.15, 0.2) is 5.69 Å². The highest BCUT2D eigenvalue weighted by molar-refractivity contribution is 6.30. The van der Waals surface area contributed by atoms with E-state index < -0.39 is 5.97 Å². The molecule has 0 saturated heterocycles. The van der Waals surface area contributed by atoms with Gasteiger partial charge in [-0.15, -0.1) is 0 Å². The molecule has 0 aliphatic heterocycles. The van der Waals surface area contributed by atoms with Crippen molar-refractivity contribution in [1.29, 1.82) is 0 Å². The highest BCUT2D eigenvalue weighted by Crippen LogP contribution is 2.14. The van der Waals surface area contributed by atoms with Gasteiger partial charge >= 0.3 is 5.97 Å². The molecule has 0 aliphatic rings. The van der Waals surface area contributed by atoms with Gasteiger partial charge in [0.2, 0.25) is 0 Å². The molecule has 0 fully saturated rings. The number of carbonyl (C=O) groups is 1. The molecule has 2 aromatic heterocycles. The summed E-state index contributed by atoms with van der Waals surface area (Å²) in [6.45, 7) is 0. The first kappa shape index (κ1) is 8.07. The fourth-order valence-electron chi connectivity index (χ4n) is 1.15. The lowest BCUT2D eigenvalue weighted by atomic mass is 10.4. The lowest BCUT2D eigenvalue weighted by Crippen LogP contribution is -2.01. The third kappa shape index (κ3) is 1.15. The van der Waals surface area contributed by atoms with Gasteiger partial charge in [-0.1, -0.05) is 17.7 Å². The number of imidazole rings is 1. The van der Waals surface area contributed by atoms with Crippen molar-refractivity contribution in [2.45, 2.75) is 0 Å². The van der Waals surface area contributed by atoms with E-state index in [1.54, 1.807) is 18.2 Å². The van der Waals surface area contributed by atoms with Crippen LogP contribution in [-0.2, 0) is 0 Å². The van der Waals surface area contributed by atoms with Crippen molar-refractivity contribution in [3.05, 3.63) is 35.2 Å². The smallest absolute Gasteiger partial charge is 0.354 e. The molecule has 0 bridgehead atoms. The number of carboxylic acids is 1. The zero-order valence-electron chi connectivity index (χ0n) is 6.44. The van der Waals surface area contributed by atoms with E-state index in [1.807, 2.05) is 0 Å². The Bertz CT molecular complexity index is 478. The van der Waals surface area contributed by atoms with Crippen molar-refractivity contribution < 1.29 is 9.90 Å². The van der Waals surface area contributed by atoms with E-state index >= 15 is 0 Å². The number of aromatic carboxylic acids is 1. The predicted octanol–water partition coefficient (Wildman–Crippen LogP) is 1.69. The standard InChI is InChI=1S/C8H5ClN2O2/c9-6-2-1-3-7-10-4-5(8(12)13)11(6)7/h1-4H,(H,12,13). The summed E-state index contributed by atoms with van der Waals surface area (Å²) in [6, 6.07) is 5.03. The van der Waals surface area contributed by atoms with Crippen LogP contribution in [0.1, 0.15) is 10.5 Å². The Morgan fingerprint density at radius 2 is 2.31 bits per heavy atom. The normalized spacial score (nSPS) is 10.5. The first-order valence-electron chi connectivity index (χ1n) is 3.55. The first-order valence-corrected chi connectivity index (χ1v) is 3.93. The van der Waals surface area contributed by atoms with Crippen molar-refractivity contribution >= 4 is 23.2 Å². The number of nitrogens with zero attached hydrogens (tertiary/aromatic N) is 2. The zero-order valence-corrected chi connectivity index (χ0v) is 7.19. The first-order chi connectivity index (χ1) is 6.20. The summed E-state index contributed by atoms with van der Waals surface area (Å²) >= 11 is 5.81. The maximum atomic E-state index is 10.7. The van der Waals surface area contributed by atoms with E-state index in [9.17, 15) is 4.79 Å². The molecular formula is C8H5ClN2O2. The van der Waals surface area contributed by atoms with Crippen LogP contribution in [0.25, 0.3) is 5.65 Å². The van der Waals surface area contributed by atoms with E-state index in [4.69, 9.17) is 16.7 Å². The van der Waals surface area contributed by atoms with Gasteiger partial charge in [-0.05, 0) is 12.1 Å². The van der Waals surface area contributed by atoms with Crippen LogP contribution in [0.4, 0.5) is 0 Å². The molecule has 0 saturated carbocycles. The molecule has 0 unspecified atom stereocenters. The minimum Gasteiger partial charge on any atom is -0.477 e. The largest absolute Gasteiger partial charge is 0.477 e. The van der Waals surface area contributed by atoms with Crippen LogP contribution in [0.2, 0.25) is 5.15 Å². The summed E-state index contributed by atoms with van der Waals surface area (Å²) in [5, 5.41) is 9.12. The van der Waals surface area contributed by atoms with Gasteiger partial charge in [0.05, 0.1) is 6.20 Å². The second-order valence-electron chi connectivity index (χ2n) is 2.49. The van der Waals surface area contributed by atoms with Crippen molar-refractivity contribution in [2.24, 2.45) is 0 Å². The Balaban J connectivity index is 2.86. The Morgan fingerprint density at radius 3 is 3.00 bits per heavy atom. The molecule has 2 aromatic rings. The molecule has 2 heterocycles. The minimum absolute atomic E-state index is 0.0700. The number of rotatable bonds is 1. The monoisotopic (exact) mass is 196 g/mol. The SMILES string of the molecule is O=C(O)c1cnc2cccc(Cl)n12. The van der Waals surface area contributed by atoms with E-state index in [0.29, 0.717) is 10.8 Å². The van der Waals surface area contributed by atoms with Gasteiger partial charge < -0.3 is 5.11 Å². The second kappa shape index (κ2) is 2.74. The molecular weight excluding hydrogens is 192 g/mol. The molecule has 13 heavy (non-hydrogen) atoms. The maximum Gasteiger partial charge on any atom is 0.354 e. The van der Waals surface area contributed by atoms with E-state index in [-0.39, 0.29) is 5.69 Å². The van der Waals surface area contributed by atoms with Crippen molar-refractivity contribution in [3.8, 4) is 0 Å². The van der Waals surface area contributed by atoms with E-state index in [1.165, 1.54) is 10.6 Å². The molecule has 0 aromatic carbocycles. The van der Waals surface area contributed by atoms with Gasteiger partial charge in [0.25, 0.3) is 0 Å². The molecule has 0 radical (unpaired) electrons. The Morgan fingerprint density at radius 1 is 1.54 bits per heavy atom. The molecule has 2 rings (SSSR count). The van der Waals surface area contributed by atoms with Crippen LogP contribution in [0.3, 0.4) is 0 Å². The fourth-order valence-corrected chi connectivity index (χ4v) is 1.40. The Kier molecular flexibility index (Phi) is 1.70. The predicted molar refractivity (Wildman–Crippen MR) is 47.2 cm³/mol. The number of pyridine rings is 1. The quantitative estimate of drug-likeness (QED) is 0.707. The Labute approximate surface area is 78.4 Å². The van der Waals surface area contributed by atoms with Gasteiger partial charge in [-0.2, -0.15) is 0 Å². The zero-order chi connectivity index (χ0) is 9.42. The third-order valence-electron chi connectivity index (χ3n) is 1.70.